The zero-order valence-electron chi connectivity index (χ0n) is 17.3. The summed E-state index contributed by atoms with van der Waals surface area (Å²) in [4.78, 5) is 12.6. The summed E-state index contributed by atoms with van der Waals surface area (Å²) in [6, 6.07) is 9.79. The zero-order valence-corrected chi connectivity index (χ0v) is 18.1. The molecule has 0 spiro atoms. The molecule has 8 heteroatoms. The van der Waals surface area contributed by atoms with E-state index in [0.717, 1.165) is 29.4 Å². The lowest BCUT2D eigenvalue weighted by Gasteiger charge is -2.25. The minimum absolute atomic E-state index is 0.110. The largest absolute Gasteiger partial charge is 0.495 e. The van der Waals surface area contributed by atoms with Gasteiger partial charge in [-0.25, -0.2) is 0 Å². The number of furan rings is 1. The molecule has 158 valence electrons. The van der Waals surface area contributed by atoms with Gasteiger partial charge in [0.05, 0.1) is 24.8 Å². The summed E-state index contributed by atoms with van der Waals surface area (Å²) < 4.78 is 13.1. The van der Waals surface area contributed by atoms with Crippen molar-refractivity contribution in [2.45, 2.75) is 50.2 Å². The van der Waals surface area contributed by atoms with E-state index in [2.05, 4.69) is 20.1 Å². The number of anilines is 1. The summed E-state index contributed by atoms with van der Waals surface area (Å²) in [6.07, 6.45) is 7.47. The molecule has 1 aliphatic rings. The van der Waals surface area contributed by atoms with Crippen molar-refractivity contribution in [3.63, 3.8) is 0 Å². The van der Waals surface area contributed by atoms with Crippen LogP contribution in [0.4, 0.5) is 5.69 Å². The maximum atomic E-state index is 12.6. The average molecular weight is 427 g/mol. The molecule has 2 aromatic heterocycles. The van der Waals surface area contributed by atoms with Gasteiger partial charge in [-0.3, -0.25) is 9.36 Å². The number of carbonyl (C=O) groups is 1. The fraction of sp³-hybridized carbons (Fsp3) is 0.409. The standard InChI is InChI=1S/C22H26N4O3S/c1-15-10-11-18(28-2)17(13-15)23-20(27)14-30-22-25-24-21(19-9-6-12-29-19)26(22)16-7-4-3-5-8-16/h6,9-13,16H,3-5,7-8,14H2,1-2H3,(H,23,27). The molecule has 0 atom stereocenters. The Balaban J connectivity index is 1.50. The van der Waals surface area contributed by atoms with Crippen LogP contribution in [0.15, 0.2) is 46.2 Å². The molecule has 30 heavy (non-hydrogen) atoms. The second-order valence-corrected chi connectivity index (χ2v) is 8.43. The molecule has 4 rings (SSSR count). The monoisotopic (exact) mass is 426 g/mol. The van der Waals surface area contributed by atoms with Gasteiger partial charge in [-0.1, -0.05) is 37.1 Å². The third kappa shape index (κ3) is 4.53. The maximum Gasteiger partial charge on any atom is 0.234 e. The van der Waals surface area contributed by atoms with Crippen LogP contribution in [0.25, 0.3) is 11.6 Å². The molecule has 1 aromatic carbocycles. The number of nitrogens with zero attached hydrogens (tertiary/aromatic N) is 3. The molecular weight excluding hydrogens is 400 g/mol. The van der Waals surface area contributed by atoms with Crippen molar-refractivity contribution < 1.29 is 13.9 Å². The van der Waals surface area contributed by atoms with Crippen molar-refractivity contribution >= 4 is 23.4 Å². The van der Waals surface area contributed by atoms with Gasteiger partial charge < -0.3 is 14.5 Å². The van der Waals surface area contributed by atoms with Gasteiger partial charge in [0.25, 0.3) is 0 Å². The Morgan fingerprint density at radius 2 is 2.10 bits per heavy atom. The van der Waals surface area contributed by atoms with Crippen molar-refractivity contribution in [2.75, 3.05) is 18.2 Å². The molecule has 2 heterocycles. The van der Waals surface area contributed by atoms with Gasteiger partial charge in [-0.05, 0) is 49.6 Å². The summed E-state index contributed by atoms with van der Waals surface area (Å²) in [6.45, 7) is 1.98. The number of hydrogen-bond acceptors (Lipinski definition) is 6. The molecule has 1 amide bonds. The fourth-order valence-corrected chi connectivity index (χ4v) is 4.66. The van der Waals surface area contributed by atoms with Crippen molar-refractivity contribution in [1.29, 1.82) is 0 Å². The molecule has 1 saturated carbocycles. The van der Waals surface area contributed by atoms with Gasteiger partial charge in [-0.15, -0.1) is 10.2 Å². The van der Waals surface area contributed by atoms with E-state index in [1.807, 2.05) is 37.3 Å². The molecule has 0 bridgehead atoms. The molecule has 1 N–H and O–H groups in total. The fourth-order valence-electron chi connectivity index (χ4n) is 3.85. The Hall–Kier alpha value is -2.74. The quantitative estimate of drug-likeness (QED) is 0.530. The third-order valence-corrected chi connectivity index (χ3v) is 6.25. The van der Waals surface area contributed by atoms with Gasteiger partial charge in [0.1, 0.15) is 5.75 Å². The van der Waals surface area contributed by atoms with Crippen LogP contribution in [-0.4, -0.2) is 33.5 Å². The normalized spacial score (nSPS) is 14.6. The second-order valence-electron chi connectivity index (χ2n) is 7.49. The highest BCUT2D eigenvalue weighted by Gasteiger charge is 2.25. The van der Waals surface area contributed by atoms with E-state index < -0.39 is 0 Å². The first-order valence-corrected chi connectivity index (χ1v) is 11.2. The molecule has 0 saturated heterocycles. The van der Waals surface area contributed by atoms with Crippen LogP contribution in [0.1, 0.15) is 43.7 Å². The highest BCUT2D eigenvalue weighted by Crippen LogP contribution is 2.35. The predicted molar refractivity (Wildman–Crippen MR) is 117 cm³/mol. The van der Waals surface area contributed by atoms with Gasteiger partial charge in [0.15, 0.2) is 10.9 Å². The molecule has 0 radical (unpaired) electrons. The number of rotatable bonds is 7. The topological polar surface area (TPSA) is 82.2 Å². The Morgan fingerprint density at radius 1 is 1.27 bits per heavy atom. The van der Waals surface area contributed by atoms with Crippen LogP contribution in [0.3, 0.4) is 0 Å². The number of aromatic nitrogens is 3. The first-order chi connectivity index (χ1) is 14.7. The van der Waals surface area contributed by atoms with Crippen LogP contribution in [0.5, 0.6) is 5.75 Å². The average Bonchev–Trinajstić information content (AvgIpc) is 3.43. The van der Waals surface area contributed by atoms with Crippen LogP contribution in [-0.2, 0) is 4.79 Å². The van der Waals surface area contributed by atoms with Crippen LogP contribution in [0.2, 0.25) is 0 Å². The van der Waals surface area contributed by atoms with Gasteiger partial charge in [0.2, 0.25) is 11.7 Å². The first-order valence-electron chi connectivity index (χ1n) is 10.2. The van der Waals surface area contributed by atoms with E-state index in [1.54, 1.807) is 13.4 Å². The number of thioether (sulfide) groups is 1. The highest BCUT2D eigenvalue weighted by molar-refractivity contribution is 7.99. The van der Waals surface area contributed by atoms with E-state index in [-0.39, 0.29) is 11.7 Å². The number of aryl methyl sites for hydroxylation is 1. The van der Waals surface area contributed by atoms with Gasteiger partial charge >= 0.3 is 0 Å². The van der Waals surface area contributed by atoms with Gasteiger partial charge in [0, 0.05) is 6.04 Å². The zero-order chi connectivity index (χ0) is 20.9. The Labute approximate surface area is 180 Å². The van der Waals surface area contributed by atoms with Crippen molar-refractivity contribution in [3.8, 4) is 17.3 Å². The molecule has 1 fully saturated rings. The Bertz CT molecular complexity index is 994. The molecule has 1 aliphatic carbocycles. The molecule has 7 nitrogen and oxygen atoms in total. The number of amides is 1. The van der Waals surface area contributed by atoms with Crippen LogP contribution >= 0.6 is 11.8 Å². The molecule has 0 unspecified atom stereocenters. The minimum Gasteiger partial charge on any atom is -0.495 e. The number of methoxy groups -OCH3 is 1. The lowest BCUT2D eigenvalue weighted by Crippen LogP contribution is -2.17. The van der Waals surface area contributed by atoms with E-state index in [9.17, 15) is 4.79 Å². The lowest BCUT2D eigenvalue weighted by molar-refractivity contribution is -0.113. The number of benzene rings is 1. The van der Waals surface area contributed by atoms with Crippen molar-refractivity contribution in [3.05, 3.63) is 42.2 Å². The number of nitrogens with one attached hydrogen (secondary N) is 1. The Kier molecular flexibility index (Phi) is 6.42. The van der Waals surface area contributed by atoms with E-state index in [1.165, 1.54) is 31.0 Å². The smallest absolute Gasteiger partial charge is 0.234 e. The van der Waals surface area contributed by atoms with Crippen molar-refractivity contribution in [2.24, 2.45) is 0 Å². The summed E-state index contributed by atoms with van der Waals surface area (Å²) in [5, 5.41) is 12.5. The summed E-state index contributed by atoms with van der Waals surface area (Å²) in [7, 11) is 1.60. The molecule has 0 aliphatic heterocycles. The summed E-state index contributed by atoms with van der Waals surface area (Å²) >= 11 is 1.40. The number of hydrogen-bond donors (Lipinski definition) is 1. The third-order valence-electron chi connectivity index (χ3n) is 5.31. The maximum absolute atomic E-state index is 12.6. The van der Waals surface area contributed by atoms with Crippen molar-refractivity contribution in [1.82, 2.24) is 14.8 Å². The first kappa shape index (κ1) is 20.5. The van der Waals surface area contributed by atoms with Crippen LogP contribution < -0.4 is 10.1 Å². The second kappa shape index (κ2) is 9.38. The van der Waals surface area contributed by atoms with Crippen LogP contribution in [0, 0.1) is 6.92 Å². The SMILES string of the molecule is COc1ccc(C)cc1NC(=O)CSc1nnc(-c2ccco2)n1C1CCCCC1. The highest BCUT2D eigenvalue weighted by atomic mass is 32.2. The number of carbonyl (C=O) groups excluding carboxylic acids is 1. The lowest BCUT2D eigenvalue weighted by atomic mass is 9.95. The predicted octanol–water partition coefficient (Wildman–Crippen LogP) is 5.09. The number of ether oxygens (including phenoxy) is 1. The van der Waals surface area contributed by atoms with Gasteiger partial charge in [-0.2, -0.15) is 0 Å². The summed E-state index contributed by atoms with van der Waals surface area (Å²) in [5.41, 5.74) is 1.73. The molecular formula is C22H26N4O3S. The minimum atomic E-state index is -0.110. The summed E-state index contributed by atoms with van der Waals surface area (Å²) in [5.74, 6) is 2.20. The molecule has 3 aromatic rings. The van der Waals surface area contributed by atoms with E-state index in [0.29, 0.717) is 23.2 Å². The van der Waals surface area contributed by atoms with E-state index in [4.69, 9.17) is 9.15 Å². The Morgan fingerprint density at radius 3 is 2.83 bits per heavy atom. The van der Waals surface area contributed by atoms with E-state index >= 15 is 0 Å².